The number of fused-ring (bicyclic) bond motifs is 1. The highest BCUT2D eigenvalue weighted by atomic mass is 16.6. The summed E-state index contributed by atoms with van der Waals surface area (Å²) in [7, 11) is 0. The van der Waals surface area contributed by atoms with Gasteiger partial charge in [-0.3, -0.25) is 9.59 Å². The second-order valence-electron chi connectivity index (χ2n) is 8.50. The molecule has 0 spiro atoms. The van der Waals surface area contributed by atoms with Crippen LogP contribution in [0.1, 0.15) is 52.1 Å². The fourth-order valence-corrected chi connectivity index (χ4v) is 3.31. The van der Waals surface area contributed by atoms with Gasteiger partial charge >= 0.3 is 12.1 Å². The molecule has 8 nitrogen and oxygen atoms in total. The van der Waals surface area contributed by atoms with Crippen LogP contribution in [0.5, 0.6) is 0 Å². The molecule has 2 rings (SSSR count). The first-order valence-corrected chi connectivity index (χ1v) is 10.3. The van der Waals surface area contributed by atoms with Crippen molar-refractivity contribution in [3.63, 3.8) is 0 Å². The third-order valence-electron chi connectivity index (χ3n) is 4.79. The molecule has 31 heavy (non-hydrogen) atoms. The molecule has 0 saturated carbocycles. The van der Waals surface area contributed by atoms with E-state index in [4.69, 9.17) is 15.7 Å². The van der Waals surface area contributed by atoms with Gasteiger partial charge in [-0.2, -0.15) is 0 Å². The highest BCUT2D eigenvalue weighted by Gasteiger charge is 2.32. The number of esters is 1. The lowest BCUT2D eigenvalue weighted by molar-refractivity contribution is -0.163. The van der Waals surface area contributed by atoms with E-state index in [0.717, 1.165) is 16.3 Å². The van der Waals surface area contributed by atoms with E-state index in [-0.39, 0.29) is 25.4 Å². The fraction of sp³-hybridized carbons (Fsp3) is 0.435. The van der Waals surface area contributed by atoms with Gasteiger partial charge in [-0.1, -0.05) is 42.5 Å². The molecule has 0 fully saturated rings. The van der Waals surface area contributed by atoms with Crippen LogP contribution in [0.15, 0.2) is 42.5 Å². The van der Waals surface area contributed by atoms with Crippen molar-refractivity contribution in [2.45, 2.75) is 52.2 Å². The summed E-state index contributed by atoms with van der Waals surface area (Å²) in [5.74, 6) is 3.20. The SMILES string of the molecule is C[C@H](NC(=O)[C@H](CCCN(N)C(=O)O)C(=O)OC(C)(C)C)c1cccc2ccccc12. The standard InChI is InChI=1S/C23H31N3O5/c1-15(17-12-7-10-16-9-5-6-11-18(16)17)25-20(27)19(21(28)31-23(2,3)4)13-8-14-26(24)22(29)30/h5-7,9-12,15,19H,8,13-14,24H2,1-4H3,(H,25,27)(H,29,30)/t15-,19-/m0/s1. The second kappa shape index (κ2) is 10.3. The van der Waals surface area contributed by atoms with Gasteiger partial charge < -0.3 is 15.2 Å². The van der Waals surface area contributed by atoms with Gasteiger partial charge in [-0.05, 0) is 56.9 Å². The highest BCUT2D eigenvalue weighted by molar-refractivity contribution is 5.98. The molecule has 2 aromatic carbocycles. The van der Waals surface area contributed by atoms with Gasteiger partial charge in [0, 0.05) is 6.54 Å². The molecule has 0 aliphatic carbocycles. The first kappa shape index (κ1) is 24.1. The maximum atomic E-state index is 13.0. The Hall–Kier alpha value is -3.13. The summed E-state index contributed by atoms with van der Waals surface area (Å²) in [5.41, 5.74) is 0.186. The first-order valence-electron chi connectivity index (χ1n) is 10.3. The van der Waals surface area contributed by atoms with Gasteiger partial charge in [-0.25, -0.2) is 15.6 Å². The summed E-state index contributed by atoms with van der Waals surface area (Å²) in [4.78, 5) is 36.6. The van der Waals surface area contributed by atoms with Crippen LogP contribution in [0, 0.1) is 5.92 Å². The average molecular weight is 430 g/mol. The molecule has 0 aliphatic heterocycles. The summed E-state index contributed by atoms with van der Waals surface area (Å²) in [6.07, 6.45) is -0.921. The molecule has 0 saturated heterocycles. The van der Waals surface area contributed by atoms with Crippen molar-refractivity contribution in [3.05, 3.63) is 48.0 Å². The van der Waals surface area contributed by atoms with E-state index in [9.17, 15) is 14.4 Å². The third-order valence-corrected chi connectivity index (χ3v) is 4.79. The quantitative estimate of drug-likeness (QED) is 0.194. The largest absolute Gasteiger partial charge is 0.464 e. The van der Waals surface area contributed by atoms with Crippen molar-refractivity contribution in [2.75, 3.05) is 6.54 Å². The maximum Gasteiger partial charge on any atom is 0.421 e. The predicted octanol–water partition coefficient (Wildman–Crippen LogP) is 3.61. The molecule has 2 amide bonds. The summed E-state index contributed by atoms with van der Waals surface area (Å²) in [6, 6.07) is 13.4. The Balaban J connectivity index is 2.16. The van der Waals surface area contributed by atoms with Crippen molar-refractivity contribution in [1.82, 2.24) is 10.3 Å². The zero-order valence-electron chi connectivity index (χ0n) is 18.4. The number of hydrogen-bond acceptors (Lipinski definition) is 5. The number of rotatable bonds is 8. The molecule has 0 unspecified atom stereocenters. The monoisotopic (exact) mass is 429 g/mol. The number of carboxylic acid groups (broad SMARTS) is 1. The molecular formula is C23H31N3O5. The number of hydrogen-bond donors (Lipinski definition) is 3. The third kappa shape index (κ3) is 6.96. The molecule has 2 aromatic rings. The van der Waals surface area contributed by atoms with Crippen LogP contribution >= 0.6 is 0 Å². The predicted molar refractivity (Wildman–Crippen MR) is 118 cm³/mol. The number of nitrogens with zero attached hydrogens (tertiary/aromatic N) is 1. The van der Waals surface area contributed by atoms with Crippen molar-refractivity contribution in [3.8, 4) is 0 Å². The highest BCUT2D eigenvalue weighted by Crippen LogP contribution is 2.25. The lowest BCUT2D eigenvalue weighted by Crippen LogP contribution is -2.41. The number of nitrogens with one attached hydrogen (secondary N) is 1. The van der Waals surface area contributed by atoms with E-state index in [1.807, 2.05) is 49.4 Å². The smallest absolute Gasteiger partial charge is 0.421 e. The van der Waals surface area contributed by atoms with Crippen LogP contribution in [0.4, 0.5) is 4.79 Å². The molecule has 8 heteroatoms. The molecular weight excluding hydrogens is 398 g/mol. The Morgan fingerprint density at radius 3 is 2.42 bits per heavy atom. The van der Waals surface area contributed by atoms with Crippen LogP contribution in [0.2, 0.25) is 0 Å². The first-order chi connectivity index (χ1) is 14.5. The Bertz CT molecular complexity index is 933. The van der Waals surface area contributed by atoms with Crippen molar-refractivity contribution >= 4 is 28.7 Å². The number of carbonyl (C=O) groups is 3. The molecule has 0 radical (unpaired) electrons. The van der Waals surface area contributed by atoms with Gasteiger partial charge in [0.15, 0.2) is 0 Å². The number of ether oxygens (including phenoxy) is 1. The lowest BCUT2D eigenvalue weighted by atomic mass is 9.97. The second-order valence-corrected chi connectivity index (χ2v) is 8.50. The molecule has 168 valence electrons. The van der Waals surface area contributed by atoms with Crippen molar-refractivity contribution in [1.29, 1.82) is 0 Å². The van der Waals surface area contributed by atoms with Crippen LogP contribution in [0.25, 0.3) is 10.8 Å². The number of carbonyl (C=O) groups excluding carboxylic acids is 2. The molecule has 0 heterocycles. The van der Waals surface area contributed by atoms with Crippen LogP contribution in [-0.4, -0.2) is 40.2 Å². The van der Waals surface area contributed by atoms with Crippen LogP contribution in [-0.2, 0) is 14.3 Å². The summed E-state index contributed by atoms with van der Waals surface area (Å²) >= 11 is 0. The zero-order chi connectivity index (χ0) is 23.2. The van der Waals surface area contributed by atoms with Gasteiger partial charge in [-0.15, -0.1) is 0 Å². The molecule has 0 aromatic heterocycles. The average Bonchev–Trinajstić information content (AvgIpc) is 2.68. The Morgan fingerprint density at radius 2 is 1.77 bits per heavy atom. The minimum atomic E-state index is -1.28. The number of hydrazine groups is 1. The van der Waals surface area contributed by atoms with Crippen LogP contribution in [0.3, 0.4) is 0 Å². The number of amides is 2. The van der Waals surface area contributed by atoms with E-state index in [0.29, 0.717) is 5.01 Å². The van der Waals surface area contributed by atoms with Gasteiger partial charge in [0.1, 0.15) is 11.5 Å². The van der Waals surface area contributed by atoms with E-state index >= 15 is 0 Å². The summed E-state index contributed by atoms with van der Waals surface area (Å²) in [6.45, 7) is 7.04. The Kier molecular flexibility index (Phi) is 7.99. The summed E-state index contributed by atoms with van der Waals surface area (Å²) in [5, 5.41) is 14.5. The summed E-state index contributed by atoms with van der Waals surface area (Å²) < 4.78 is 5.42. The normalized spacial score (nSPS) is 13.3. The fourth-order valence-electron chi connectivity index (χ4n) is 3.31. The van der Waals surface area contributed by atoms with Crippen molar-refractivity contribution in [2.24, 2.45) is 11.8 Å². The number of benzene rings is 2. The minimum absolute atomic E-state index is 0.000781. The molecule has 4 N–H and O–H groups in total. The van der Waals surface area contributed by atoms with Crippen molar-refractivity contribution < 1.29 is 24.2 Å². The maximum absolute atomic E-state index is 13.0. The van der Waals surface area contributed by atoms with E-state index in [1.54, 1.807) is 20.8 Å². The van der Waals surface area contributed by atoms with E-state index < -0.39 is 29.5 Å². The van der Waals surface area contributed by atoms with E-state index in [1.165, 1.54) is 0 Å². The molecule has 0 aliphatic rings. The lowest BCUT2D eigenvalue weighted by Gasteiger charge is -2.25. The van der Waals surface area contributed by atoms with Gasteiger partial charge in [0.05, 0.1) is 6.04 Å². The van der Waals surface area contributed by atoms with Gasteiger partial charge in [0.25, 0.3) is 0 Å². The minimum Gasteiger partial charge on any atom is -0.464 e. The number of nitrogens with two attached hydrogens (primary N) is 1. The van der Waals surface area contributed by atoms with Crippen LogP contribution < -0.4 is 11.2 Å². The van der Waals surface area contributed by atoms with E-state index in [2.05, 4.69) is 5.32 Å². The zero-order valence-corrected chi connectivity index (χ0v) is 18.4. The molecule has 2 atom stereocenters. The Morgan fingerprint density at radius 1 is 1.13 bits per heavy atom. The Labute approximate surface area is 182 Å². The molecule has 0 bridgehead atoms. The van der Waals surface area contributed by atoms with Gasteiger partial charge in [0.2, 0.25) is 5.91 Å². The topological polar surface area (TPSA) is 122 Å².